The highest BCUT2D eigenvalue weighted by atomic mass is 16.5. The molecule has 1 aromatic heterocycles. The monoisotopic (exact) mass is 230 g/mol. The van der Waals surface area contributed by atoms with E-state index in [4.69, 9.17) is 4.52 Å². The van der Waals surface area contributed by atoms with E-state index in [0.717, 1.165) is 11.3 Å². The van der Waals surface area contributed by atoms with E-state index in [1.54, 1.807) is 11.1 Å². The van der Waals surface area contributed by atoms with Crippen molar-refractivity contribution in [2.45, 2.75) is 13.8 Å². The summed E-state index contributed by atoms with van der Waals surface area (Å²) in [5.41, 5.74) is 1.61. The highest BCUT2D eigenvalue weighted by Gasteiger charge is 2.21. The first-order valence-corrected chi connectivity index (χ1v) is 5.52. The van der Waals surface area contributed by atoms with Crippen molar-refractivity contribution in [1.82, 2.24) is 5.16 Å². The lowest BCUT2D eigenvalue weighted by molar-refractivity contribution is 0.0952. The van der Waals surface area contributed by atoms with E-state index < -0.39 is 0 Å². The predicted octanol–water partition coefficient (Wildman–Crippen LogP) is 2.65. The Morgan fingerprint density at radius 3 is 2.59 bits per heavy atom. The lowest BCUT2D eigenvalue weighted by Gasteiger charge is -2.19. The minimum atomic E-state index is -0.159. The van der Waals surface area contributed by atoms with Crippen molar-refractivity contribution in [3.63, 3.8) is 0 Å². The lowest BCUT2D eigenvalue weighted by Crippen LogP contribution is -2.30. The number of hydrogen-bond donors (Lipinski definition) is 0. The van der Waals surface area contributed by atoms with Crippen LogP contribution in [0.15, 0.2) is 41.1 Å². The van der Waals surface area contributed by atoms with Crippen LogP contribution in [0.1, 0.15) is 23.0 Å². The molecule has 0 atom stereocenters. The molecule has 0 N–H and O–H groups in total. The van der Waals surface area contributed by atoms with Crippen molar-refractivity contribution in [3.8, 4) is 0 Å². The van der Waals surface area contributed by atoms with Gasteiger partial charge in [0.25, 0.3) is 5.91 Å². The number of nitrogens with zero attached hydrogens (tertiary/aromatic N) is 2. The number of benzene rings is 1. The van der Waals surface area contributed by atoms with Gasteiger partial charge in [-0.2, -0.15) is 0 Å². The first-order valence-electron chi connectivity index (χ1n) is 5.52. The third-order valence-corrected chi connectivity index (χ3v) is 2.57. The summed E-state index contributed by atoms with van der Waals surface area (Å²) in [4.78, 5) is 13.9. The summed E-state index contributed by atoms with van der Waals surface area (Å²) in [6, 6.07) is 9.51. The zero-order chi connectivity index (χ0) is 12.3. The molecule has 4 heteroatoms. The van der Waals surface area contributed by atoms with Crippen molar-refractivity contribution >= 4 is 11.6 Å². The topological polar surface area (TPSA) is 46.3 Å². The average molecular weight is 230 g/mol. The second-order valence-electron chi connectivity index (χ2n) is 3.72. The largest absolute Gasteiger partial charge is 0.351 e. The fourth-order valence-electron chi connectivity index (χ4n) is 1.67. The SMILES string of the molecule is CCN(C(=O)c1oncc1C)c1ccccc1. The van der Waals surface area contributed by atoms with Crippen LogP contribution in [-0.2, 0) is 0 Å². The standard InChI is InChI=1S/C13H14N2O2/c1-3-15(11-7-5-4-6-8-11)13(16)12-10(2)9-14-17-12/h4-9H,3H2,1-2H3. The van der Waals surface area contributed by atoms with Crippen LogP contribution in [0.2, 0.25) is 0 Å². The molecule has 0 spiro atoms. The Morgan fingerprint density at radius 2 is 2.06 bits per heavy atom. The summed E-state index contributed by atoms with van der Waals surface area (Å²) in [5.74, 6) is 0.143. The van der Waals surface area contributed by atoms with E-state index in [1.165, 1.54) is 0 Å². The molecular formula is C13H14N2O2. The first kappa shape index (κ1) is 11.4. The van der Waals surface area contributed by atoms with Crippen molar-refractivity contribution in [2.75, 3.05) is 11.4 Å². The van der Waals surface area contributed by atoms with E-state index >= 15 is 0 Å². The number of aryl methyl sites for hydroxylation is 1. The van der Waals surface area contributed by atoms with Gasteiger partial charge in [-0.3, -0.25) is 4.79 Å². The van der Waals surface area contributed by atoms with Gasteiger partial charge < -0.3 is 9.42 Å². The quantitative estimate of drug-likeness (QED) is 0.814. The van der Waals surface area contributed by atoms with Gasteiger partial charge in [-0.25, -0.2) is 0 Å². The zero-order valence-corrected chi connectivity index (χ0v) is 9.88. The normalized spacial score (nSPS) is 10.2. The van der Waals surface area contributed by atoms with Gasteiger partial charge in [-0.1, -0.05) is 23.4 Å². The molecule has 0 unspecified atom stereocenters. The highest BCUT2D eigenvalue weighted by Crippen LogP contribution is 2.17. The zero-order valence-electron chi connectivity index (χ0n) is 9.88. The van der Waals surface area contributed by atoms with Crippen LogP contribution in [0.5, 0.6) is 0 Å². The molecular weight excluding hydrogens is 216 g/mol. The molecule has 0 bridgehead atoms. The molecule has 4 nitrogen and oxygen atoms in total. The fourth-order valence-corrected chi connectivity index (χ4v) is 1.67. The summed E-state index contributed by atoms with van der Waals surface area (Å²) < 4.78 is 4.99. The maximum atomic E-state index is 12.3. The summed E-state index contributed by atoms with van der Waals surface area (Å²) in [5, 5.41) is 3.63. The van der Waals surface area contributed by atoms with Gasteiger partial charge >= 0.3 is 0 Å². The van der Waals surface area contributed by atoms with E-state index in [1.807, 2.05) is 44.2 Å². The molecule has 1 heterocycles. The summed E-state index contributed by atoms with van der Waals surface area (Å²) in [7, 11) is 0. The Labute approximate surface area is 99.8 Å². The second kappa shape index (κ2) is 4.82. The molecule has 0 saturated carbocycles. The maximum Gasteiger partial charge on any atom is 0.297 e. The fraction of sp³-hybridized carbons (Fsp3) is 0.231. The first-order chi connectivity index (χ1) is 8.24. The van der Waals surface area contributed by atoms with Crippen LogP contribution in [-0.4, -0.2) is 17.6 Å². The Balaban J connectivity index is 2.32. The summed E-state index contributed by atoms with van der Waals surface area (Å²) >= 11 is 0. The van der Waals surface area contributed by atoms with Crippen LogP contribution in [0.3, 0.4) is 0 Å². The molecule has 0 aliphatic heterocycles. The van der Waals surface area contributed by atoms with Gasteiger partial charge in [0.2, 0.25) is 5.76 Å². The third kappa shape index (κ3) is 2.20. The van der Waals surface area contributed by atoms with E-state index in [2.05, 4.69) is 5.16 Å². The molecule has 0 fully saturated rings. The number of carbonyl (C=O) groups excluding carboxylic acids is 1. The number of amides is 1. The van der Waals surface area contributed by atoms with Crippen molar-refractivity contribution in [2.24, 2.45) is 0 Å². The lowest BCUT2D eigenvalue weighted by atomic mass is 10.2. The van der Waals surface area contributed by atoms with Crippen LogP contribution in [0, 0.1) is 6.92 Å². The number of hydrogen-bond acceptors (Lipinski definition) is 3. The minimum absolute atomic E-state index is 0.159. The molecule has 0 aliphatic carbocycles. The molecule has 1 aromatic carbocycles. The average Bonchev–Trinajstić information content (AvgIpc) is 2.77. The van der Waals surface area contributed by atoms with Gasteiger partial charge in [-0.05, 0) is 26.0 Å². The molecule has 88 valence electrons. The Hall–Kier alpha value is -2.10. The van der Waals surface area contributed by atoms with Crippen LogP contribution >= 0.6 is 0 Å². The van der Waals surface area contributed by atoms with E-state index in [-0.39, 0.29) is 5.91 Å². The molecule has 2 aromatic rings. The van der Waals surface area contributed by atoms with Crippen LogP contribution in [0.25, 0.3) is 0 Å². The van der Waals surface area contributed by atoms with E-state index in [9.17, 15) is 4.79 Å². The Morgan fingerprint density at radius 1 is 1.35 bits per heavy atom. The molecule has 2 rings (SSSR count). The predicted molar refractivity (Wildman–Crippen MR) is 65.0 cm³/mol. The van der Waals surface area contributed by atoms with Gasteiger partial charge in [0.15, 0.2) is 0 Å². The maximum absolute atomic E-state index is 12.3. The van der Waals surface area contributed by atoms with Gasteiger partial charge in [0.1, 0.15) is 0 Å². The van der Waals surface area contributed by atoms with Gasteiger partial charge in [0.05, 0.1) is 6.20 Å². The number of rotatable bonds is 3. The number of aromatic nitrogens is 1. The minimum Gasteiger partial charge on any atom is -0.351 e. The van der Waals surface area contributed by atoms with Crippen molar-refractivity contribution in [1.29, 1.82) is 0 Å². The van der Waals surface area contributed by atoms with Gasteiger partial charge in [-0.15, -0.1) is 0 Å². The van der Waals surface area contributed by atoms with Crippen LogP contribution in [0.4, 0.5) is 5.69 Å². The van der Waals surface area contributed by atoms with Crippen LogP contribution < -0.4 is 4.90 Å². The third-order valence-electron chi connectivity index (χ3n) is 2.57. The number of carbonyl (C=O) groups is 1. The van der Waals surface area contributed by atoms with Gasteiger partial charge in [0, 0.05) is 17.8 Å². The Kier molecular flexibility index (Phi) is 3.23. The molecule has 0 saturated heterocycles. The smallest absolute Gasteiger partial charge is 0.297 e. The molecule has 17 heavy (non-hydrogen) atoms. The van der Waals surface area contributed by atoms with Crippen molar-refractivity contribution < 1.29 is 9.32 Å². The summed E-state index contributed by atoms with van der Waals surface area (Å²) in [6.45, 7) is 4.32. The molecule has 1 amide bonds. The number of para-hydroxylation sites is 1. The van der Waals surface area contributed by atoms with Crippen molar-refractivity contribution in [3.05, 3.63) is 47.9 Å². The second-order valence-corrected chi connectivity index (χ2v) is 3.72. The highest BCUT2D eigenvalue weighted by molar-refractivity contribution is 6.04. The number of anilines is 1. The molecule has 0 radical (unpaired) electrons. The van der Waals surface area contributed by atoms with E-state index in [0.29, 0.717) is 12.3 Å². The Bertz CT molecular complexity index is 505. The molecule has 0 aliphatic rings. The summed E-state index contributed by atoms with van der Waals surface area (Å²) in [6.07, 6.45) is 1.55.